The summed E-state index contributed by atoms with van der Waals surface area (Å²) < 4.78 is 0. The fraction of sp³-hybridized carbons (Fsp3) is 0.545. The van der Waals surface area contributed by atoms with Crippen LogP contribution in [0.1, 0.15) is 25.7 Å². The van der Waals surface area contributed by atoms with Gasteiger partial charge in [-0.1, -0.05) is 12.8 Å². The quantitative estimate of drug-likeness (QED) is 0.443. The van der Waals surface area contributed by atoms with Crippen LogP contribution < -0.4 is 0 Å². The van der Waals surface area contributed by atoms with Crippen molar-refractivity contribution in [3.05, 3.63) is 18.7 Å². The Balaban J connectivity index is 0.000000419. The van der Waals surface area contributed by atoms with Gasteiger partial charge < -0.3 is 4.98 Å². The largest absolute Gasteiger partial charge is 0.351 e. The summed E-state index contributed by atoms with van der Waals surface area (Å²) in [7, 11) is 0. The molecule has 1 heterocycles. The number of aromatic nitrogens is 2. The van der Waals surface area contributed by atoms with Crippen molar-refractivity contribution in [1.29, 1.82) is 0 Å². The molecule has 0 aromatic carbocycles. The van der Waals surface area contributed by atoms with Gasteiger partial charge in [0.15, 0.2) is 0 Å². The summed E-state index contributed by atoms with van der Waals surface area (Å²) in [4.78, 5) is 32.5. The van der Waals surface area contributed by atoms with Gasteiger partial charge in [-0.2, -0.15) is 0 Å². The van der Waals surface area contributed by atoms with Crippen LogP contribution in [0.25, 0.3) is 0 Å². The lowest BCUT2D eigenvalue weighted by atomic mass is 10.2. The number of H-pyrrole nitrogens is 1. The van der Waals surface area contributed by atoms with Gasteiger partial charge in [-0.25, -0.2) is 24.6 Å². The topological polar surface area (TPSA) is 87.5 Å². The lowest BCUT2D eigenvalue weighted by molar-refractivity contribution is 0.558. The maximum Gasteiger partial charge on any atom is 0.234 e. The van der Waals surface area contributed by atoms with Gasteiger partial charge in [0, 0.05) is 12.4 Å². The summed E-state index contributed by atoms with van der Waals surface area (Å²) in [5.41, 5.74) is 0. The van der Waals surface area contributed by atoms with Gasteiger partial charge in [0.25, 0.3) is 0 Å². The van der Waals surface area contributed by atoms with Gasteiger partial charge in [-0.3, -0.25) is 0 Å². The molecule has 1 aromatic rings. The lowest BCUT2D eigenvalue weighted by Gasteiger charge is -1.93. The molecule has 1 N–H and O–H groups in total. The first-order valence-corrected chi connectivity index (χ1v) is 5.41. The Bertz CT molecular complexity index is 299. The number of rotatable bonds is 7. The van der Waals surface area contributed by atoms with E-state index in [4.69, 9.17) is 0 Å². The van der Waals surface area contributed by atoms with Crippen molar-refractivity contribution in [3.63, 3.8) is 0 Å². The van der Waals surface area contributed by atoms with E-state index in [1.807, 2.05) is 0 Å². The van der Waals surface area contributed by atoms with Crippen molar-refractivity contribution in [1.82, 2.24) is 9.97 Å². The third-order valence-corrected chi connectivity index (χ3v) is 1.82. The second-order valence-electron chi connectivity index (χ2n) is 3.12. The summed E-state index contributed by atoms with van der Waals surface area (Å²) in [6.07, 6.45) is 11.9. The minimum absolute atomic E-state index is 0.556. The molecule has 1 aromatic heterocycles. The van der Waals surface area contributed by atoms with Gasteiger partial charge in [0.05, 0.1) is 19.4 Å². The molecule has 0 fully saturated rings. The summed E-state index contributed by atoms with van der Waals surface area (Å²) >= 11 is 0. The Morgan fingerprint density at radius 2 is 1.59 bits per heavy atom. The number of aromatic amines is 1. The van der Waals surface area contributed by atoms with Gasteiger partial charge in [-0.05, 0) is 12.8 Å². The number of nitrogens with zero attached hydrogens (tertiary/aromatic N) is 3. The van der Waals surface area contributed by atoms with Gasteiger partial charge in [0.2, 0.25) is 12.2 Å². The zero-order valence-corrected chi connectivity index (χ0v) is 9.63. The third-order valence-electron chi connectivity index (χ3n) is 1.82. The number of nitrogens with one attached hydrogen (secondary N) is 1. The van der Waals surface area contributed by atoms with Crippen LogP contribution in [0.15, 0.2) is 28.7 Å². The predicted octanol–water partition coefficient (Wildman–Crippen LogP) is 1.63. The average Bonchev–Trinajstić information content (AvgIpc) is 2.92. The van der Waals surface area contributed by atoms with E-state index in [0.717, 1.165) is 25.7 Å². The molecule has 6 nitrogen and oxygen atoms in total. The van der Waals surface area contributed by atoms with Crippen molar-refractivity contribution in [2.45, 2.75) is 25.7 Å². The van der Waals surface area contributed by atoms with E-state index in [-0.39, 0.29) is 0 Å². The maximum absolute atomic E-state index is 9.63. The highest BCUT2D eigenvalue weighted by molar-refractivity contribution is 5.32. The molecule has 0 radical (unpaired) electrons. The molecular weight excluding hydrogens is 220 g/mol. The van der Waals surface area contributed by atoms with Crippen molar-refractivity contribution >= 4 is 12.2 Å². The first kappa shape index (κ1) is 15.0. The summed E-state index contributed by atoms with van der Waals surface area (Å²) in [6.45, 7) is 1.11. The van der Waals surface area contributed by atoms with Crippen LogP contribution in [-0.4, -0.2) is 35.2 Å². The highest BCUT2D eigenvalue weighted by Gasteiger charge is 1.87. The second kappa shape index (κ2) is 14.0. The number of isocyanates is 2. The number of imidazole rings is 1. The van der Waals surface area contributed by atoms with Crippen molar-refractivity contribution < 1.29 is 9.59 Å². The molecule has 0 unspecified atom stereocenters. The van der Waals surface area contributed by atoms with E-state index in [1.54, 1.807) is 18.7 Å². The van der Waals surface area contributed by atoms with E-state index in [1.165, 1.54) is 12.2 Å². The number of hydrogen-bond acceptors (Lipinski definition) is 5. The Morgan fingerprint density at radius 3 is 1.88 bits per heavy atom. The van der Waals surface area contributed by atoms with Crippen molar-refractivity contribution in [3.8, 4) is 0 Å². The molecule has 0 aliphatic carbocycles. The molecule has 92 valence electrons. The van der Waals surface area contributed by atoms with Crippen LogP contribution in [-0.2, 0) is 9.59 Å². The summed E-state index contributed by atoms with van der Waals surface area (Å²) in [5.74, 6) is 0. The molecule has 0 saturated heterocycles. The van der Waals surface area contributed by atoms with E-state index in [0.29, 0.717) is 13.1 Å². The molecule has 6 heteroatoms. The van der Waals surface area contributed by atoms with Gasteiger partial charge in [-0.15, -0.1) is 0 Å². The van der Waals surface area contributed by atoms with E-state index in [2.05, 4.69) is 20.0 Å². The van der Waals surface area contributed by atoms with Gasteiger partial charge in [0.1, 0.15) is 0 Å². The molecule has 0 aliphatic rings. The SMILES string of the molecule is O=C=NCCCCCCN=C=O.c1c[nH]cn1. The minimum Gasteiger partial charge on any atom is -0.351 e. The lowest BCUT2D eigenvalue weighted by Crippen LogP contribution is -1.84. The maximum atomic E-state index is 9.63. The Labute approximate surface area is 99.9 Å². The highest BCUT2D eigenvalue weighted by atomic mass is 16.1. The van der Waals surface area contributed by atoms with Crippen LogP contribution in [0, 0.1) is 0 Å². The first-order chi connectivity index (χ1) is 8.41. The normalized spacial score (nSPS) is 8.24. The number of aliphatic imine (C=N–C) groups is 2. The monoisotopic (exact) mass is 236 g/mol. The highest BCUT2D eigenvalue weighted by Crippen LogP contribution is 1.99. The Kier molecular flexibility index (Phi) is 12.3. The molecule has 1 rings (SSSR count). The molecule has 0 spiro atoms. The second-order valence-corrected chi connectivity index (χ2v) is 3.12. The van der Waals surface area contributed by atoms with Crippen LogP contribution >= 0.6 is 0 Å². The molecule has 0 bridgehead atoms. The van der Waals surface area contributed by atoms with Crippen LogP contribution in [0.5, 0.6) is 0 Å². The van der Waals surface area contributed by atoms with Crippen LogP contribution in [0.2, 0.25) is 0 Å². The Hall–Kier alpha value is -2.03. The van der Waals surface area contributed by atoms with Crippen molar-refractivity contribution in [2.24, 2.45) is 9.98 Å². The van der Waals surface area contributed by atoms with Crippen LogP contribution in [0.4, 0.5) is 0 Å². The van der Waals surface area contributed by atoms with Crippen molar-refractivity contribution in [2.75, 3.05) is 13.1 Å². The third kappa shape index (κ3) is 14.0. The average molecular weight is 236 g/mol. The number of unbranched alkanes of at least 4 members (excludes halogenated alkanes) is 3. The van der Waals surface area contributed by atoms with E-state index < -0.39 is 0 Å². The minimum atomic E-state index is 0.556. The fourth-order valence-corrected chi connectivity index (χ4v) is 1.04. The molecular formula is C11H16N4O2. The molecule has 0 aliphatic heterocycles. The smallest absolute Gasteiger partial charge is 0.234 e. The number of hydrogen-bond donors (Lipinski definition) is 1. The zero-order chi connectivity index (χ0) is 12.6. The molecule has 17 heavy (non-hydrogen) atoms. The van der Waals surface area contributed by atoms with Crippen LogP contribution in [0.3, 0.4) is 0 Å². The molecule has 0 amide bonds. The summed E-state index contributed by atoms with van der Waals surface area (Å²) in [6, 6.07) is 0. The Morgan fingerprint density at radius 1 is 1.00 bits per heavy atom. The van der Waals surface area contributed by atoms with Gasteiger partial charge >= 0.3 is 0 Å². The standard InChI is InChI=1S/C8H12N2O2.C3H4N2/c11-7-9-5-3-1-2-4-6-10-8-12;1-2-5-3-4-1/h1-6H2;1-3H,(H,4,5). The van der Waals surface area contributed by atoms with E-state index >= 15 is 0 Å². The van der Waals surface area contributed by atoms with E-state index in [9.17, 15) is 9.59 Å². The summed E-state index contributed by atoms with van der Waals surface area (Å²) in [5, 5.41) is 0. The molecule has 0 saturated carbocycles. The predicted molar refractivity (Wildman–Crippen MR) is 63.0 cm³/mol. The molecule has 0 atom stereocenters. The number of carbonyl (C=O) groups excluding carboxylic acids is 2. The first-order valence-electron chi connectivity index (χ1n) is 5.41. The zero-order valence-electron chi connectivity index (χ0n) is 9.63. The fourth-order valence-electron chi connectivity index (χ4n) is 1.04.